The van der Waals surface area contributed by atoms with Gasteiger partial charge >= 0.3 is 0 Å². The largest absolute Gasteiger partial charge is 0.493 e. The quantitative estimate of drug-likeness (QED) is 0.406. The van der Waals surface area contributed by atoms with Crippen LogP contribution in [0.15, 0.2) is 65.0 Å². The number of thiophene rings is 1. The molecule has 2 aromatic heterocycles. The van der Waals surface area contributed by atoms with Crippen LogP contribution in [0.5, 0.6) is 11.5 Å². The van der Waals surface area contributed by atoms with E-state index in [9.17, 15) is 14.3 Å². The molecule has 1 N–H and O–H groups in total. The Kier molecular flexibility index (Phi) is 6.86. The number of halogens is 1. The first-order valence-corrected chi connectivity index (χ1v) is 11.2. The summed E-state index contributed by atoms with van der Waals surface area (Å²) in [7, 11) is 1.55. The topological polar surface area (TPSA) is 73.6 Å². The molecule has 1 atom stereocenters. The first kappa shape index (κ1) is 22.7. The summed E-state index contributed by atoms with van der Waals surface area (Å²) in [6, 6.07) is 11.5. The molecule has 0 aliphatic heterocycles. The molecule has 1 unspecified atom stereocenters. The van der Waals surface area contributed by atoms with Crippen LogP contribution in [0.4, 0.5) is 4.39 Å². The molecule has 4 aromatic rings. The van der Waals surface area contributed by atoms with Gasteiger partial charge in [-0.15, -0.1) is 11.3 Å². The highest BCUT2D eigenvalue weighted by Gasteiger charge is 2.16. The van der Waals surface area contributed by atoms with Gasteiger partial charge in [-0.1, -0.05) is 30.4 Å². The van der Waals surface area contributed by atoms with Crippen LogP contribution in [0.3, 0.4) is 0 Å². The van der Waals surface area contributed by atoms with E-state index in [1.54, 1.807) is 25.3 Å². The van der Waals surface area contributed by atoms with E-state index < -0.39 is 6.10 Å². The number of nitrogens with zero attached hydrogens (tertiary/aromatic N) is 2. The van der Waals surface area contributed by atoms with Gasteiger partial charge in [-0.05, 0) is 42.3 Å². The minimum absolute atomic E-state index is 0.0133. The molecule has 0 amide bonds. The number of aliphatic hydroxyl groups is 1. The van der Waals surface area contributed by atoms with E-state index in [0.29, 0.717) is 27.3 Å². The number of fused-ring (bicyclic) bond motifs is 1. The number of ether oxygens (including phenoxy) is 2. The van der Waals surface area contributed by atoms with Crippen molar-refractivity contribution in [2.45, 2.75) is 19.6 Å². The van der Waals surface area contributed by atoms with Gasteiger partial charge in [0.25, 0.3) is 5.56 Å². The zero-order chi connectivity index (χ0) is 23.4. The van der Waals surface area contributed by atoms with Gasteiger partial charge in [0.2, 0.25) is 0 Å². The van der Waals surface area contributed by atoms with Gasteiger partial charge in [0.1, 0.15) is 23.4 Å². The third kappa shape index (κ3) is 4.97. The van der Waals surface area contributed by atoms with Crippen molar-refractivity contribution >= 4 is 27.6 Å². The number of methoxy groups -OCH3 is 1. The van der Waals surface area contributed by atoms with E-state index in [1.807, 2.05) is 36.6 Å². The molecule has 6 nitrogen and oxygen atoms in total. The zero-order valence-electron chi connectivity index (χ0n) is 18.2. The van der Waals surface area contributed by atoms with Gasteiger partial charge < -0.3 is 14.6 Å². The van der Waals surface area contributed by atoms with Crippen molar-refractivity contribution < 1.29 is 19.0 Å². The number of hydrogen-bond donors (Lipinski definition) is 1. The molecule has 0 saturated carbocycles. The van der Waals surface area contributed by atoms with Gasteiger partial charge in [-0.3, -0.25) is 9.36 Å². The summed E-state index contributed by atoms with van der Waals surface area (Å²) in [5.41, 5.74) is 2.13. The molecule has 0 aliphatic rings. The van der Waals surface area contributed by atoms with E-state index in [1.165, 1.54) is 34.4 Å². The third-order valence-electron chi connectivity index (χ3n) is 5.10. The Bertz CT molecular complexity index is 1350. The maximum atomic E-state index is 13.3. The van der Waals surface area contributed by atoms with Crippen LogP contribution < -0.4 is 15.0 Å². The molecule has 0 bridgehead atoms. The fraction of sp³-hybridized carbons (Fsp3) is 0.200. The number of aromatic nitrogens is 2. The monoisotopic (exact) mass is 466 g/mol. The van der Waals surface area contributed by atoms with Gasteiger partial charge in [0.15, 0.2) is 11.5 Å². The van der Waals surface area contributed by atoms with Crippen molar-refractivity contribution in [3.63, 3.8) is 0 Å². The van der Waals surface area contributed by atoms with Crippen LogP contribution in [-0.2, 0) is 6.54 Å². The lowest BCUT2D eigenvalue weighted by Crippen LogP contribution is -2.30. The predicted molar refractivity (Wildman–Crippen MR) is 128 cm³/mol. The van der Waals surface area contributed by atoms with E-state index >= 15 is 0 Å². The lowest BCUT2D eigenvalue weighted by Gasteiger charge is -2.16. The van der Waals surface area contributed by atoms with Crippen molar-refractivity contribution in [2.75, 3.05) is 13.7 Å². The zero-order valence-corrected chi connectivity index (χ0v) is 19.0. The van der Waals surface area contributed by atoms with Crippen molar-refractivity contribution in [3.05, 3.63) is 82.0 Å². The lowest BCUT2D eigenvalue weighted by atomic mass is 10.1. The summed E-state index contributed by atoms with van der Waals surface area (Å²) in [5.74, 6) is 0.715. The minimum atomic E-state index is -0.949. The average molecular weight is 467 g/mol. The third-order valence-corrected chi connectivity index (χ3v) is 5.99. The Morgan fingerprint density at radius 3 is 2.73 bits per heavy atom. The smallest absolute Gasteiger partial charge is 0.262 e. The Hall–Kier alpha value is -3.49. The van der Waals surface area contributed by atoms with Gasteiger partial charge in [-0.2, -0.15) is 0 Å². The summed E-state index contributed by atoms with van der Waals surface area (Å²) in [6.45, 7) is 1.91. The number of hydrogen-bond acceptors (Lipinski definition) is 6. The highest BCUT2D eigenvalue weighted by Crippen LogP contribution is 2.31. The second kappa shape index (κ2) is 9.97. The van der Waals surface area contributed by atoms with Crippen molar-refractivity contribution in [3.8, 4) is 22.6 Å². The Labute approximate surface area is 194 Å². The summed E-state index contributed by atoms with van der Waals surface area (Å²) >= 11 is 1.35. The molecule has 2 aromatic carbocycles. The fourth-order valence-electron chi connectivity index (χ4n) is 3.50. The minimum Gasteiger partial charge on any atom is -0.493 e. The molecule has 0 aliphatic carbocycles. The molecule has 4 rings (SSSR count). The van der Waals surface area contributed by atoms with Crippen molar-refractivity contribution in [1.82, 2.24) is 9.55 Å². The van der Waals surface area contributed by atoms with Gasteiger partial charge in [-0.25, -0.2) is 9.37 Å². The number of allylic oxidation sites excluding steroid dienone is 1. The average Bonchev–Trinajstić information content (AvgIpc) is 3.25. The van der Waals surface area contributed by atoms with E-state index in [0.717, 1.165) is 11.1 Å². The molecule has 0 saturated heterocycles. The number of rotatable bonds is 8. The normalized spacial score (nSPS) is 12.4. The Morgan fingerprint density at radius 2 is 2.00 bits per heavy atom. The highest BCUT2D eigenvalue weighted by molar-refractivity contribution is 7.17. The fourth-order valence-corrected chi connectivity index (χ4v) is 4.41. The molecular formula is C25H23FN2O4S. The lowest BCUT2D eigenvalue weighted by molar-refractivity contribution is 0.0900. The van der Waals surface area contributed by atoms with Crippen LogP contribution in [0, 0.1) is 5.82 Å². The van der Waals surface area contributed by atoms with E-state index in [-0.39, 0.29) is 24.5 Å². The first-order chi connectivity index (χ1) is 16.0. The van der Waals surface area contributed by atoms with Gasteiger partial charge in [0, 0.05) is 10.9 Å². The maximum Gasteiger partial charge on any atom is 0.262 e. The summed E-state index contributed by atoms with van der Waals surface area (Å²) in [6.07, 6.45) is 4.35. The number of aliphatic hydroxyl groups excluding tert-OH is 1. The SMILES string of the molecule is C/C=C/c1ccc(OCC(O)Cn2cnc3scc(-c4ccc(F)cc4)c3c2=O)c(OC)c1. The van der Waals surface area contributed by atoms with E-state index in [2.05, 4.69) is 4.98 Å². The van der Waals surface area contributed by atoms with Crippen LogP contribution in [-0.4, -0.2) is 34.5 Å². The van der Waals surface area contributed by atoms with Crippen LogP contribution in [0.2, 0.25) is 0 Å². The number of benzene rings is 2. The second-order valence-corrected chi connectivity index (χ2v) is 8.27. The highest BCUT2D eigenvalue weighted by atomic mass is 32.1. The molecule has 2 heterocycles. The Balaban J connectivity index is 1.52. The van der Waals surface area contributed by atoms with Gasteiger partial charge in [0.05, 0.1) is 25.4 Å². The first-order valence-electron chi connectivity index (χ1n) is 10.3. The standard InChI is InChI=1S/C25H23FN2O4S/c1-3-4-16-5-10-21(22(11-16)31-2)32-13-19(29)12-28-15-27-24-23(25(28)30)20(14-33-24)17-6-8-18(26)9-7-17/h3-11,14-15,19,29H,12-13H2,1-2H3/b4-3+. The van der Waals surface area contributed by atoms with Crippen LogP contribution in [0.25, 0.3) is 27.4 Å². The van der Waals surface area contributed by atoms with Crippen molar-refractivity contribution in [1.29, 1.82) is 0 Å². The second-order valence-electron chi connectivity index (χ2n) is 7.41. The molecule has 8 heteroatoms. The van der Waals surface area contributed by atoms with Crippen molar-refractivity contribution in [2.24, 2.45) is 0 Å². The summed E-state index contributed by atoms with van der Waals surface area (Å²) in [4.78, 5) is 18.1. The van der Waals surface area contributed by atoms with Crippen LogP contribution in [0.1, 0.15) is 12.5 Å². The predicted octanol–water partition coefficient (Wildman–Crippen LogP) is 4.75. The summed E-state index contributed by atoms with van der Waals surface area (Å²) < 4.78 is 25.8. The molecular weight excluding hydrogens is 443 g/mol. The van der Waals surface area contributed by atoms with E-state index in [4.69, 9.17) is 9.47 Å². The molecule has 170 valence electrons. The molecule has 0 fully saturated rings. The summed E-state index contributed by atoms with van der Waals surface area (Å²) in [5, 5.41) is 12.8. The maximum absolute atomic E-state index is 13.3. The van der Waals surface area contributed by atoms with Crippen LogP contribution >= 0.6 is 11.3 Å². The molecule has 33 heavy (non-hydrogen) atoms. The molecule has 0 spiro atoms. The Morgan fingerprint density at radius 1 is 1.21 bits per heavy atom. The molecule has 0 radical (unpaired) electrons.